The molecule has 0 N–H and O–H groups in total. The van der Waals surface area contributed by atoms with Gasteiger partial charge in [0.1, 0.15) is 5.82 Å². The van der Waals surface area contributed by atoms with E-state index in [1.54, 1.807) is 23.2 Å². The van der Waals surface area contributed by atoms with Crippen molar-refractivity contribution in [1.29, 1.82) is 0 Å². The second-order valence-electron chi connectivity index (χ2n) is 3.51. The molecule has 4 nitrogen and oxygen atoms in total. The molecular weight excluding hydrogens is 209 g/mol. The molecule has 0 radical (unpaired) electrons. The molecule has 0 aliphatic heterocycles. The van der Waals surface area contributed by atoms with E-state index in [0.717, 1.165) is 6.20 Å². The Morgan fingerprint density at radius 1 is 1.31 bits per heavy atom. The number of nitrogens with zero attached hydrogens (tertiary/aromatic N) is 3. The van der Waals surface area contributed by atoms with Crippen LogP contribution in [0.15, 0.2) is 35.6 Å². The fraction of sp³-hybridized carbons (Fsp3) is 0.273. The molecule has 0 saturated heterocycles. The fourth-order valence-electron chi connectivity index (χ4n) is 1.55. The van der Waals surface area contributed by atoms with Gasteiger partial charge >= 0.3 is 5.69 Å². The molecule has 16 heavy (non-hydrogen) atoms. The van der Waals surface area contributed by atoms with Crippen molar-refractivity contribution in [2.24, 2.45) is 0 Å². The number of halogens is 1. The van der Waals surface area contributed by atoms with Crippen molar-refractivity contribution in [1.82, 2.24) is 14.1 Å². The summed E-state index contributed by atoms with van der Waals surface area (Å²) in [5.41, 5.74) is 0.586. The number of hydrogen-bond donors (Lipinski definition) is 0. The third-order valence-electron chi connectivity index (χ3n) is 2.37. The van der Waals surface area contributed by atoms with Crippen LogP contribution in [-0.2, 0) is 13.1 Å². The highest BCUT2D eigenvalue weighted by molar-refractivity contribution is 5.10. The first-order valence-electron chi connectivity index (χ1n) is 5.05. The van der Waals surface area contributed by atoms with Gasteiger partial charge in [-0.15, -0.1) is 0 Å². The average Bonchev–Trinajstić information content (AvgIpc) is 2.60. The summed E-state index contributed by atoms with van der Waals surface area (Å²) < 4.78 is 16.0. The van der Waals surface area contributed by atoms with Crippen molar-refractivity contribution < 1.29 is 4.39 Å². The first kappa shape index (κ1) is 10.6. The maximum Gasteiger partial charge on any atom is 0.328 e. The van der Waals surface area contributed by atoms with Crippen molar-refractivity contribution in [3.8, 4) is 0 Å². The Morgan fingerprint density at radius 3 is 2.69 bits per heavy atom. The lowest BCUT2D eigenvalue weighted by molar-refractivity contribution is 0.613. The van der Waals surface area contributed by atoms with E-state index in [1.807, 2.05) is 6.92 Å². The van der Waals surface area contributed by atoms with Crippen LogP contribution in [-0.4, -0.2) is 14.1 Å². The monoisotopic (exact) mass is 221 g/mol. The molecule has 2 aromatic heterocycles. The van der Waals surface area contributed by atoms with Crippen LogP contribution in [0.1, 0.15) is 12.5 Å². The van der Waals surface area contributed by atoms with Gasteiger partial charge in [-0.05, 0) is 18.6 Å². The second kappa shape index (κ2) is 4.30. The van der Waals surface area contributed by atoms with Gasteiger partial charge < -0.3 is 0 Å². The number of rotatable bonds is 3. The van der Waals surface area contributed by atoms with Gasteiger partial charge in [0, 0.05) is 25.1 Å². The highest BCUT2D eigenvalue weighted by Crippen LogP contribution is 2.02. The van der Waals surface area contributed by atoms with Crippen LogP contribution < -0.4 is 5.69 Å². The maximum absolute atomic E-state index is 12.9. The fourth-order valence-corrected chi connectivity index (χ4v) is 1.55. The Balaban J connectivity index is 2.27. The number of aromatic nitrogens is 3. The van der Waals surface area contributed by atoms with Crippen LogP contribution in [0.25, 0.3) is 0 Å². The van der Waals surface area contributed by atoms with Gasteiger partial charge in [-0.2, -0.15) is 0 Å². The van der Waals surface area contributed by atoms with E-state index >= 15 is 0 Å². The molecule has 2 rings (SSSR count). The number of aryl methyl sites for hydroxylation is 1. The van der Waals surface area contributed by atoms with Gasteiger partial charge in [-0.3, -0.25) is 14.1 Å². The smallest absolute Gasteiger partial charge is 0.300 e. The highest BCUT2D eigenvalue weighted by atomic mass is 19.1. The molecule has 5 heteroatoms. The van der Waals surface area contributed by atoms with E-state index in [9.17, 15) is 9.18 Å². The molecule has 0 spiro atoms. The summed E-state index contributed by atoms with van der Waals surface area (Å²) in [5.74, 6) is -0.388. The van der Waals surface area contributed by atoms with E-state index < -0.39 is 0 Å². The lowest BCUT2D eigenvalue weighted by atomic mass is 10.3. The molecule has 0 fully saturated rings. The van der Waals surface area contributed by atoms with Gasteiger partial charge in [-0.25, -0.2) is 9.18 Å². The van der Waals surface area contributed by atoms with Crippen molar-refractivity contribution in [2.75, 3.05) is 0 Å². The molecule has 0 aromatic carbocycles. The van der Waals surface area contributed by atoms with Gasteiger partial charge in [0.15, 0.2) is 0 Å². The van der Waals surface area contributed by atoms with Crippen LogP contribution in [0.3, 0.4) is 0 Å². The minimum absolute atomic E-state index is 0.0910. The zero-order valence-corrected chi connectivity index (χ0v) is 8.93. The average molecular weight is 221 g/mol. The van der Waals surface area contributed by atoms with Gasteiger partial charge in [0.05, 0.1) is 12.7 Å². The lowest BCUT2D eigenvalue weighted by Crippen LogP contribution is -2.23. The molecule has 2 aromatic rings. The van der Waals surface area contributed by atoms with Crippen LogP contribution in [0.5, 0.6) is 0 Å². The van der Waals surface area contributed by atoms with E-state index in [4.69, 9.17) is 0 Å². The van der Waals surface area contributed by atoms with Crippen molar-refractivity contribution >= 4 is 0 Å². The van der Waals surface area contributed by atoms with Crippen molar-refractivity contribution in [3.05, 3.63) is 52.7 Å². The highest BCUT2D eigenvalue weighted by Gasteiger charge is 2.03. The first-order valence-corrected chi connectivity index (χ1v) is 5.05. The molecule has 0 unspecified atom stereocenters. The summed E-state index contributed by atoms with van der Waals surface area (Å²) in [7, 11) is 0. The first-order chi connectivity index (χ1) is 7.70. The van der Waals surface area contributed by atoms with Gasteiger partial charge in [-0.1, -0.05) is 0 Å². The largest absolute Gasteiger partial charge is 0.328 e. The Bertz CT molecular complexity index is 544. The number of pyridine rings is 1. The van der Waals surface area contributed by atoms with Gasteiger partial charge in [0.25, 0.3) is 0 Å². The Kier molecular flexibility index (Phi) is 2.85. The Hall–Kier alpha value is -1.91. The third kappa shape index (κ3) is 2.03. The zero-order chi connectivity index (χ0) is 11.5. The van der Waals surface area contributed by atoms with Gasteiger partial charge in [0.2, 0.25) is 0 Å². The number of hydrogen-bond acceptors (Lipinski definition) is 2. The van der Waals surface area contributed by atoms with E-state index in [0.29, 0.717) is 18.7 Å². The van der Waals surface area contributed by atoms with Crippen LogP contribution >= 0.6 is 0 Å². The molecule has 0 saturated carbocycles. The van der Waals surface area contributed by atoms with Crippen molar-refractivity contribution in [2.45, 2.75) is 20.0 Å². The predicted molar refractivity (Wildman–Crippen MR) is 57.7 cm³/mol. The zero-order valence-electron chi connectivity index (χ0n) is 8.93. The topological polar surface area (TPSA) is 39.8 Å². The van der Waals surface area contributed by atoms with Crippen molar-refractivity contribution in [3.63, 3.8) is 0 Å². The normalized spacial score (nSPS) is 10.6. The second-order valence-corrected chi connectivity index (χ2v) is 3.51. The molecule has 0 aliphatic carbocycles. The van der Waals surface area contributed by atoms with E-state index in [1.165, 1.54) is 10.6 Å². The third-order valence-corrected chi connectivity index (χ3v) is 2.37. The summed E-state index contributed by atoms with van der Waals surface area (Å²) in [6.45, 7) is 2.87. The summed E-state index contributed by atoms with van der Waals surface area (Å²) in [6.07, 6.45) is 6.11. The predicted octanol–water partition coefficient (Wildman–Crippen LogP) is 1.25. The maximum atomic E-state index is 12.9. The molecule has 2 heterocycles. The molecule has 84 valence electrons. The molecule has 0 atom stereocenters. The van der Waals surface area contributed by atoms with Crippen LogP contribution in [0, 0.1) is 5.82 Å². The summed E-state index contributed by atoms with van der Waals surface area (Å²) in [5, 5.41) is 0. The standard InChI is InChI=1S/C11H12FN3O/c1-2-14-3-4-15(11(14)16)8-9-5-10(12)7-13-6-9/h3-7H,2,8H2,1H3. The molecule has 0 amide bonds. The summed E-state index contributed by atoms with van der Waals surface area (Å²) in [4.78, 5) is 15.4. The lowest BCUT2D eigenvalue weighted by Gasteiger charge is -2.01. The Labute approximate surface area is 92.0 Å². The quantitative estimate of drug-likeness (QED) is 0.782. The number of imidazole rings is 1. The molecular formula is C11H12FN3O. The van der Waals surface area contributed by atoms with Crippen LogP contribution in [0.4, 0.5) is 4.39 Å². The SMILES string of the molecule is CCn1ccn(Cc2cncc(F)c2)c1=O. The van der Waals surface area contributed by atoms with Crippen LogP contribution in [0.2, 0.25) is 0 Å². The minimum Gasteiger partial charge on any atom is -0.300 e. The summed E-state index contributed by atoms with van der Waals surface area (Å²) in [6, 6.07) is 1.38. The summed E-state index contributed by atoms with van der Waals surface area (Å²) >= 11 is 0. The van der Waals surface area contributed by atoms with E-state index in [2.05, 4.69) is 4.98 Å². The van der Waals surface area contributed by atoms with E-state index in [-0.39, 0.29) is 11.5 Å². The molecule has 0 aliphatic rings. The Morgan fingerprint density at radius 2 is 2.06 bits per heavy atom. The minimum atomic E-state index is -0.388. The molecule has 0 bridgehead atoms.